The predicted molar refractivity (Wildman–Crippen MR) is 93.0 cm³/mol. The molecule has 9 heteroatoms. The Balaban J connectivity index is 1.46. The van der Waals surface area contributed by atoms with Gasteiger partial charge in [-0.1, -0.05) is 23.7 Å². The predicted octanol–water partition coefficient (Wildman–Crippen LogP) is 2.58. The average Bonchev–Trinajstić information content (AvgIpc) is 2.65. The van der Waals surface area contributed by atoms with Crippen LogP contribution in [0.25, 0.3) is 0 Å². The Morgan fingerprint density at radius 3 is 2.81 bits per heavy atom. The maximum atomic E-state index is 11.9. The van der Waals surface area contributed by atoms with Crippen molar-refractivity contribution in [1.82, 2.24) is 5.32 Å². The van der Waals surface area contributed by atoms with Crippen molar-refractivity contribution in [3.05, 3.63) is 57.6 Å². The van der Waals surface area contributed by atoms with Crippen LogP contribution in [0, 0.1) is 10.1 Å². The summed E-state index contributed by atoms with van der Waals surface area (Å²) < 4.78 is 16.6. The van der Waals surface area contributed by atoms with Gasteiger partial charge < -0.3 is 19.5 Å². The molecule has 0 saturated carbocycles. The lowest BCUT2D eigenvalue weighted by Gasteiger charge is -2.26. The zero-order chi connectivity index (χ0) is 18.5. The molecule has 1 heterocycles. The molecule has 0 radical (unpaired) electrons. The Bertz CT molecular complexity index is 829. The highest BCUT2D eigenvalue weighted by atomic mass is 35.5. The number of benzene rings is 2. The first-order valence-corrected chi connectivity index (χ1v) is 8.12. The fraction of sp³-hybridized carbons (Fsp3) is 0.235. The minimum Gasteiger partial charge on any atom is -0.486 e. The minimum absolute atomic E-state index is 0.0626. The summed E-state index contributed by atoms with van der Waals surface area (Å²) in [7, 11) is 0. The number of halogens is 1. The number of nitro groups is 1. The highest BCUT2D eigenvalue weighted by molar-refractivity contribution is 6.32. The summed E-state index contributed by atoms with van der Waals surface area (Å²) in [6, 6.07) is 11.1. The van der Waals surface area contributed by atoms with Crippen LogP contribution in [0.15, 0.2) is 42.5 Å². The maximum Gasteiger partial charge on any atom is 0.271 e. The smallest absolute Gasteiger partial charge is 0.271 e. The molecule has 1 N–H and O–H groups in total. The van der Waals surface area contributed by atoms with Crippen molar-refractivity contribution in [3.8, 4) is 17.2 Å². The van der Waals surface area contributed by atoms with E-state index in [1.807, 2.05) is 18.2 Å². The minimum atomic E-state index is -0.563. The number of fused-ring (bicyclic) bond motifs is 1. The van der Waals surface area contributed by atoms with Crippen LogP contribution < -0.4 is 19.5 Å². The number of hydrogen-bond acceptors (Lipinski definition) is 6. The average molecular weight is 379 g/mol. The van der Waals surface area contributed by atoms with Gasteiger partial charge in [-0.2, -0.15) is 0 Å². The normalized spacial score (nSPS) is 15.2. The molecule has 1 aliphatic heterocycles. The van der Waals surface area contributed by atoms with Crippen LogP contribution in [0.4, 0.5) is 5.69 Å². The van der Waals surface area contributed by atoms with E-state index in [-0.39, 0.29) is 41.6 Å². The van der Waals surface area contributed by atoms with E-state index in [0.717, 1.165) is 0 Å². The molecule has 2 aromatic rings. The Morgan fingerprint density at radius 1 is 1.31 bits per heavy atom. The van der Waals surface area contributed by atoms with Crippen LogP contribution in [-0.2, 0) is 4.79 Å². The van der Waals surface area contributed by atoms with Crippen LogP contribution in [0.1, 0.15) is 0 Å². The van der Waals surface area contributed by atoms with E-state index in [4.69, 9.17) is 25.8 Å². The third-order valence-corrected chi connectivity index (χ3v) is 3.87. The lowest BCUT2D eigenvalue weighted by atomic mass is 10.2. The Hall–Kier alpha value is -3.00. The number of rotatable bonds is 6. The third kappa shape index (κ3) is 4.34. The first kappa shape index (κ1) is 17.8. The highest BCUT2D eigenvalue weighted by Crippen LogP contribution is 2.31. The Morgan fingerprint density at radius 2 is 2.08 bits per heavy atom. The number of nitrogens with zero attached hydrogens (tertiary/aromatic N) is 1. The Labute approximate surface area is 153 Å². The maximum absolute atomic E-state index is 11.9. The second-order valence-electron chi connectivity index (χ2n) is 5.46. The number of ether oxygens (including phenoxy) is 3. The van der Waals surface area contributed by atoms with Crippen molar-refractivity contribution in [2.24, 2.45) is 0 Å². The van der Waals surface area contributed by atoms with E-state index in [2.05, 4.69) is 5.32 Å². The fourth-order valence-electron chi connectivity index (χ4n) is 2.31. The standard InChI is InChI=1S/C17H15ClN2O6/c18-13-7-11(20(22)23)5-6-14(13)25-10-17(21)19-8-12-9-24-15-3-1-2-4-16(15)26-12/h1-7,12H,8-10H2,(H,19,21). The van der Waals surface area contributed by atoms with Gasteiger partial charge >= 0.3 is 0 Å². The van der Waals surface area contributed by atoms with Gasteiger partial charge in [-0.25, -0.2) is 0 Å². The van der Waals surface area contributed by atoms with Gasteiger partial charge in [0.15, 0.2) is 18.1 Å². The van der Waals surface area contributed by atoms with Crippen molar-refractivity contribution in [2.45, 2.75) is 6.10 Å². The molecule has 1 unspecified atom stereocenters. The number of amides is 1. The molecule has 136 valence electrons. The SMILES string of the molecule is O=C(COc1ccc([N+](=O)[O-])cc1Cl)NCC1COc2ccccc2O1. The zero-order valence-electron chi connectivity index (χ0n) is 13.5. The summed E-state index contributed by atoms with van der Waals surface area (Å²) in [5.74, 6) is 1.12. The summed E-state index contributed by atoms with van der Waals surface area (Å²) >= 11 is 5.91. The van der Waals surface area contributed by atoms with Crippen LogP contribution in [0.2, 0.25) is 5.02 Å². The molecule has 3 rings (SSSR count). The van der Waals surface area contributed by atoms with Gasteiger partial charge in [-0.3, -0.25) is 14.9 Å². The molecule has 0 fully saturated rings. The number of carbonyl (C=O) groups is 1. The molecule has 0 aromatic heterocycles. The van der Waals surface area contributed by atoms with Gasteiger partial charge in [0.2, 0.25) is 0 Å². The van der Waals surface area contributed by atoms with E-state index < -0.39 is 4.92 Å². The van der Waals surface area contributed by atoms with E-state index in [1.165, 1.54) is 18.2 Å². The van der Waals surface area contributed by atoms with E-state index in [0.29, 0.717) is 18.1 Å². The van der Waals surface area contributed by atoms with Gasteiger partial charge in [0.05, 0.1) is 16.5 Å². The number of non-ortho nitro benzene ring substituents is 1. The molecule has 0 aliphatic carbocycles. The summed E-state index contributed by atoms with van der Waals surface area (Å²) in [5, 5.41) is 13.4. The molecule has 1 aliphatic rings. The van der Waals surface area contributed by atoms with Crippen molar-refractivity contribution in [2.75, 3.05) is 19.8 Å². The largest absolute Gasteiger partial charge is 0.486 e. The molecule has 2 aromatic carbocycles. The molecule has 1 atom stereocenters. The van der Waals surface area contributed by atoms with Gasteiger partial charge in [0.1, 0.15) is 18.5 Å². The van der Waals surface area contributed by atoms with Crippen molar-refractivity contribution >= 4 is 23.2 Å². The molecule has 0 saturated heterocycles. The van der Waals surface area contributed by atoms with Crippen LogP contribution in [0.3, 0.4) is 0 Å². The number of carbonyl (C=O) groups excluding carboxylic acids is 1. The molecular formula is C17H15ClN2O6. The molecule has 1 amide bonds. The summed E-state index contributed by atoms with van der Waals surface area (Å²) in [6.45, 7) is 0.304. The fourth-order valence-corrected chi connectivity index (χ4v) is 2.54. The monoisotopic (exact) mass is 378 g/mol. The number of nitro benzene ring substituents is 1. The highest BCUT2D eigenvalue weighted by Gasteiger charge is 2.21. The zero-order valence-corrected chi connectivity index (χ0v) is 14.3. The third-order valence-electron chi connectivity index (χ3n) is 3.58. The lowest BCUT2D eigenvalue weighted by molar-refractivity contribution is -0.384. The van der Waals surface area contributed by atoms with Crippen molar-refractivity contribution < 1.29 is 23.9 Å². The molecular weight excluding hydrogens is 364 g/mol. The first-order chi connectivity index (χ1) is 12.5. The number of para-hydroxylation sites is 2. The van der Waals surface area contributed by atoms with Crippen LogP contribution in [0.5, 0.6) is 17.2 Å². The summed E-state index contributed by atoms with van der Waals surface area (Å²) in [5.41, 5.74) is -0.151. The molecule has 0 bridgehead atoms. The second kappa shape index (κ2) is 7.92. The van der Waals surface area contributed by atoms with Gasteiger partial charge in [0.25, 0.3) is 11.6 Å². The lowest BCUT2D eigenvalue weighted by Crippen LogP contribution is -2.42. The van der Waals surface area contributed by atoms with Crippen molar-refractivity contribution in [3.63, 3.8) is 0 Å². The topological polar surface area (TPSA) is 99.9 Å². The Kier molecular flexibility index (Phi) is 5.43. The van der Waals surface area contributed by atoms with Gasteiger partial charge in [-0.05, 0) is 18.2 Å². The molecule has 0 spiro atoms. The quantitative estimate of drug-likeness (QED) is 0.612. The van der Waals surface area contributed by atoms with Gasteiger partial charge in [-0.15, -0.1) is 0 Å². The first-order valence-electron chi connectivity index (χ1n) is 7.75. The number of nitrogens with one attached hydrogen (secondary N) is 1. The van der Waals surface area contributed by atoms with Crippen molar-refractivity contribution in [1.29, 1.82) is 0 Å². The summed E-state index contributed by atoms with van der Waals surface area (Å²) in [6.07, 6.45) is -0.309. The van der Waals surface area contributed by atoms with Crippen LogP contribution in [-0.4, -0.2) is 36.7 Å². The summed E-state index contributed by atoms with van der Waals surface area (Å²) in [4.78, 5) is 22.0. The molecule has 8 nitrogen and oxygen atoms in total. The van der Waals surface area contributed by atoms with Gasteiger partial charge in [0, 0.05) is 12.1 Å². The van der Waals surface area contributed by atoms with E-state index in [9.17, 15) is 14.9 Å². The van der Waals surface area contributed by atoms with Crippen LogP contribution >= 0.6 is 11.6 Å². The number of hydrogen-bond donors (Lipinski definition) is 1. The molecule has 26 heavy (non-hydrogen) atoms. The van der Waals surface area contributed by atoms with E-state index in [1.54, 1.807) is 6.07 Å². The second-order valence-corrected chi connectivity index (χ2v) is 5.87. The van der Waals surface area contributed by atoms with E-state index >= 15 is 0 Å².